The molecule has 1 N–H and O–H groups in total. The average Bonchev–Trinajstić information content (AvgIpc) is 3.23. The lowest BCUT2D eigenvalue weighted by Crippen LogP contribution is -2.45. The van der Waals surface area contributed by atoms with Crippen molar-refractivity contribution >= 4 is 33.3 Å². The van der Waals surface area contributed by atoms with Crippen LogP contribution in [0, 0.1) is 0 Å². The van der Waals surface area contributed by atoms with Crippen molar-refractivity contribution in [2.45, 2.75) is 18.9 Å². The van der Waals surface area contributed by atoms with Gasteiger partial charge in [-0.15, -0.1) is 11.3 Å². The van der Waals surface area contributed by atoms with Crippen LogP contribution in [-0.2, 0) is 7.05 Å². The highest BCUT2D eigenvalue weighted by molar-refractivity contribution is 7.16. The van der Waals surface area contributed by atoms with Crippen molar-refractivity contribution in [3.8, 4) is 0 Å². The number of carbonyl (C=O) groups excluding carboxylic acids is 1. The molecule has 4 heterocycles. The van der Waals surface area contributed by atoms with Crippen molar-refractivity contribution in [3.05, 3.63) is 35.7 Å². The highest BCUT2D eigenvalue weighted by atomic mass is 32.1. The van der Waals surface area contributed by atoms with Crippen LogP contribution in [0.15, 0.2) is 30.0 Å². The Balaban J connectivity index is 1.41. The van der Waals surface area contributed by atoms with Crippen LogP contribution in [0.4, 0.5) is 5.82 Å². The maximum Gasteiger partial charge on any atom is 0.269 e. The van der Waals surface area contributed by atoms with Crippen molar-refractivity contribution in [1.29, 1.82) is 0 Å². The number of nitrogens with zero attached hydrogens (tertiary/aromatic N) is 5. The first-order valence-corrected chi connectivity index (χ1v) is 8.82. The lowest BCUT2D eigenvalue weighted by Gasteiger charge is -2.33. The molecule has 1 amide bonds. The number of aromatic nitrogens is 4. The molecule has 1 saturated heterocycles. The largest absolute Gasteiger partial charge is 0.356 e. The zero-order chi connectivity index (χ0) is 16.5. The summed E-state index contributed by atoms with van der Waals surface area (Å²) in [6, 6.07) is 3.99. The molecule has 1 aliphatic heterocycles. The smallest absolute Gasteiger partial charge is 0.269 e. The van der Waals surface area contributed by atoms with E-state index in [1.54, 1.807) is 41.7 Å². The first-order chi connectivity index (χ1) is 11.7. The Kier molecular flexibility index (Phi) is 3.89. The van der Waals surface area contributed by atoms with Gasteiger partial charge in [0.05, 0.1) is 5.39 Å². The second-order valence-electron chi connectivity index (χ2n) is 5.91. The van der Waals surface area contributed by atoms with Gasteiger partial charge >= 0.3 is 0 Å². The minimum absolute atomic E-state index is 0.0595. The third-order valence-corrected chi connectivity index (χ3v) is 5.24. The van der Waals surface area contributed by atoms with Crippen molar-refractivity contribution in [2.75, 3.05) is 18.0 Å². The van der Waals surface area contributed by atoms with Crippen LogP contribution in [0.1, 0.15) is 23.3 Å². The van der Waals surface area contributed by atoms with Gasteiger partial charge < -0.3 is 10.2 Å². The predicted molar refractivity (Wildman–Crippen MR) is 93.3 cm³/mol. The average molecular weight is 342 g/mol. The molecule has 124 valence electrons. The Morgan fingerprint density at radius 2 is 2.12 bits per heavy atom. The standard InChI is InChI=1S/C16H18N6OS/c1-21-13(2-6-19-21)15(23)20-11-3-7-22(8-4-11)14-12-5-9-24-16(12)18-10-17-14/h2,5-6,9-11H,3-4,7-8H2,1H3,(H,20,23). The minimum Gasteiger partial charge on any atom is -0.356 e. The second kappa shape index (κ2) is 6.20. The van der Waals surface area contributed by atoms with E-state index in [0.29, 0.717) is 5.69 Å². The molecule has 0 saturated carbocycles. The number of carbonyl (C=O) groups is 1. The summed E-state index contributed by atoms with van der Waals surface area (Å²) in [5, 5.41) is 10.3. The van der Waals surface area contributed by atoms with Crippen LogP contribution in [0.3, 0.4) is 0 Å². The summed E-state index contributed by atoms with van der Waals surface area (Å²) in [5.74, 6) is 0.938. The SMILES string of the molecule is Cn1nccc1C(=O)NC1CCN(c2ncnc3sccc23)CC1. The molecule has 0 radical (unpaired) electrons. The van der Waals surface area contributed by atoms with Gasteiger partial charge in [-0.3, -0.25) is 9.48 Å². The molecule has 24 heavy (non-hydrogen) atoms. The molecule has 0 bridgehead atoms. The van der Waals surface area contributed by atoms with Crippen LogP contribution in [0.5, 0.6) is 0 Å². The van der Waals surface area contributed by atoms with Crippen LogP contribution >= 0.6 is 11.3 Å². The van der Waals surface area contributed by atoms with E-state index in [2.05, 4.69) is 31.3 Å². The van der Waals surface area contributed by atoms with Gasteiger partial charge in [0.15, 0.2) is 0 Å². The zero-order valence-electron chi connectivity index (χ0n) is 13.3. The Morgan fingerprint density at radius 3 is 2.88 bits per heavy atom. The first-order valence-electron chi connectivity index (χ1n) is 7.94. The van der Waals surface area contributed by atoms with Gasteiger partial charge in [0.25, 0.3) is 5.91 Å². The number of thiophene rings is 1. The molecule has 7 nitrogen and oxygen atoms in total. The Labute approximate surface area is 143 Å². The van der Waals surface area contributed by atoms with Gasteiger partial charge in [-0.1, -0.05) is 0 Å². The van der Waals surface area contributed by atoms with Crippen molar-refractivity contribution in [2.24, 2.45) is 7.05 Å². The van der Waals surface area contributed by atoms with Crippen LogP contribution in [-0.4, -0.2) is 44.8 Å². The van der Waals surface area contributed by atoms with E-state index in [4.69, 9.17) is 0 Å². The fraction of sp³-hybridized carbons (Fsp3) is 0.375. The van der Waals surface area contributed by atoms with E-state index in [0.717, 1.165) is 42.0 Å². The molecule has 4 rings (SSSR count). The maximum absolute atomic E-state index is 12.3. The number of hydrogen-bond acceptors (Lipinski definition) is 6. The number of rotatable bonds is 3. The Morgan fingerprint density at radius 1 is 1.29 bits per heavy atom. The molecule has 3 aromatic rings. The number of aryl methyl sites for hydroxylation is 1. The molecular weight excluding hydrogens is 324 g/mol. The molecule has 1 fully saturated rings. The van der Waals surface area contributed by atoms with Gasteiger partial charge in [-0.05, 0) is 30.4 Å². The number of anilines is 1. The molecule has 3 aromatic heterocycles. The fourth-order valence-electron chi connectivity index (χ4n) is 3.12. The molecule has 0 aliphatic carbocycles. The topological polar surface area (TPSA) is 75.9 Å². The van der Waals surface area contributed by atoms with Crippen LogP contribution < -0.4 is 10.2 Å². The van der Waals surface area contributed by atoms with Gasteiger partial charge in [0.1, 0.15) is 22.7 Å². The van der Waals surface area contributed by atoms with Crippen LogP contribution in [0.25, 0.3) is 10.2 Å². The predicted octanol–water partition coefficient (Wildman–Crippen LogP) is 1.82. The summed E-state index contributed by atoms with van der Waals surface area (Å²) in [4.78, 5) is 24.3. The Bertz CT molecular complexity index is 864. The third-order valence-electron chi connectivity index (χ3n) is 4.42. The van der Waals surface area contributed by atoms with E-state index in [1.807, 2.05) is 5.38 Å². The third kappa shape index (κ3) is 2.73. The minimum atomic E-state index is -0.0595. The molecule has 1 aliphatic rings. The van der Waals surface area contributed by atoms with E-state index in [1.165, 1.54) is 0 Å². The first kappa shape index (κ1) is 15.1. The molecule has 0 atom stereocenters. The Hall–Kier alpha value is -2.48. The van der Waals surface area contributed by atoms with Crippen molar-refractivity contribution in [3.63, 3.8) is 0 Å². The number of nitrogens with one attached hydrogen (secondary N) is 1. The maximum atomic E-state index is 12.3. The quantitative estimate of drug-likeness (QED) is 0.786. The lowest BCUT2D eigenvalue weighted by molar-refractivity contribution is 0.0921. The summed E-state index contributed by atoms with van der Waals surface area (Å²) in [5.41, 5.74) is 0.591. The number of piperidine rings is 1. The van der Waals surface area contributed by atoms with Gasteiger partial charge in [-0.2, -0.15) is 5.10 Å². The molecule has 0 aromatic carbocycles. The fourth-order valence-corrected chi connectivity index (χ4v) is 3.85. The number of amides is 1. The normalized spacial score (nSPS) is 15.8. The zero-order valence-corrected chi connectivity index (χ0v) is 14.2. The summed E-state index contributed by atoms with van der Waals surface area (Å²) < 4.78 is 1.60. The molecular formula is C16H18N6OS. The van der Waals surface area contributed by atoms with E-state index in [9.17, 15) is 4.79 Å². The highest BCUT2D eigenvalue weighted by Gasteiger charge is 2.24. The molecule has 0 spiro atoms. The van der Waals surface area contributed by atoms with Gasteiger partial charge in [0.2, 0.25) is 0 Å². The monoisotopic (exact) mass is 342 g/mol. The van der Waals surface area contributed by atoms with Crippen molar-refractivity contribution < 1.29 is 4.79 Å². The van der Waals surface area contributed by atoms with Gasteiger partial charge in [-0.25, -0.2) is 9.97 Å². The molecule has 0 unspecified atom stereocenters. The second-order valence-corrected chi connectivity index (χ2v) is 6.81. The lowest BCUT2D eigenvalue weighted by atomic mass is 10.0. The summed E-state index contributed by atoms with van der Waals surface area (Å²) in [7, 11) is 1.78. The van der Waals surface area contributed by atoms with Crippen molar-refractivity contribution in [1.82, 2.24) is 25.1 Å². The summed E-state index contributed by atoms with van der Waals surface area (Å²) in [6.07, 6.45) is 5.07. The highest BCUT2D eigenvalue weighted by Crippen LogP contribution is 2.28. The van der Waals surface area contributed by atoms with E-state index >= 15 is 0 Å². The number of hydrogen-bond donors (Lipinski definition) is 1. The van der Waals surface area contributed by atoms with Crippen LogP contribution in [0.2, 0.25) is 0 Å². The summed E-state index contributed by atoms with van der Waals surface area (Å²) >= 11 is 1.63. The number of fused-ring (bicyclic) bond motifs is 1. The summed E-state index contributed by atoms with van der Waals surface area (Å²) in [6.45, 7) is 1.75. The van der Waals surface area contributed by atoms with E-state index in [-0.39, 0.29) is 11.9 Å². The molecule has 8 heteroatoms. The van der Waals surface area contributed by atoms with E-state index < -0.39 is 0 Å². The van der Waals surface area contributed by atoms with Gasteiger partial charge in [0, 0.05) is 32.4 Å².